The van der Waals surface area contributed by atoms with Gasteiger partial charge < -0.3 is 14.7 Å². The lowest BCUT2D eigenvalue weighted by Gasteiger charge is -2.35. The summed E-state index contributed by atoms with van der Waals surface area (Å²) in [6.07, 6.45) is -3.80. The molecule has 1 aromatic rings. The van der Waals surface area contributed by atoms with Crippen molar-refractivity contribution in [2.75, 3.05) is 7.05 Å². The van der Waals surface area contributed by atoms with Gasteiger partial charge in [0, 0.05) is 13.6 Å². The Balaban J connectivity index is 2.00. The van der Waals surface area contributed by atoms with Crippen molar-refractivity contribution in [3.8, 4) is 5.75 Å². The third-order valence-electron chi connectivity index (χ3n) is 3.84. The van der Waals surface area contributed by atoms with Crippen LogP contribution in [0.2, 0.25) is 0 Å². The van der Waals surface area contributed by atoms with Crippen LogP contribution in [0.25, 0.3) is 0 Å². The van der Waals surface area contributed by atoms with Crippen molar-refractivity contribution < 1.29 is 32.6 Å². The summed E-state index contributed by atoms with van der Waals surface area (Å²) in [5.74, 6) is -2.91. The van der Waals surface area contributed by atoms with Crippen LogP contribution in [0, 0.1) is 11.8 Å². The minimum atomic E-state index is -4.78. The number of benzene rings is 1. The first kappa shape index (κ1) is 17.1. The van der Waals surface area contributed by atoms with E-state index in [0.29, 0.717) is 18.4 Å². The van der Waals surface area contributed by atoms with E-state index in [1.807, 2.05) is 0 Å². The smallest absolute Gasteiger partial charge is 0.481 e. The molecular weight excluding hydrogens is 315 g/mol. The molecule has 1 amide bonds. The Bertz CT molecular complexity index is 603. The maximum atomic E-state index is 12.2. The highest BCUT2D eigenvalue weighted by Crippen LogP contribution is 2.36. The number of carboxylic acids is 1. The second kappa shape index (κ2) is 6.47. The molecule has 23 heavy (non-hydrogen) atoms. The Morgan fingerprint density at radius 2 is 1.96 bits per heavy atom. The first-order valence-electron chi connectivity index (χ1n) is 7.00. The number of carbonyl (C=O) groups excluding carboxylic acids is 1. The average Bonchev–Trinajstić information content (AvgIpc) is 2.34. The number of halogens is 3. The normalized spacial score (nSPS) is 20.5. The lowest BCUT2D eigenvalue weighted by molar-refractivity contribution is -0.274. The molecule has 1 saturated carbocycles. The molecule has 1 aromatic carbocycles. The molecule has 0 bridgehead atoms. The molecule has 2 atom stereocenters. The van der Waals surface area contributed by atoms with Gasteiger partial charge >= 0.3 is 12.3 Å². The van der Waals surface area contributed by atoms with Crippen LogP contribution in [0.3, 0.4) is 0 Å². The maximum Gasteiger partial charge on any atom is 0.573 e. The van der Waals surface area contributed by atoms with Crippen molar-refractivity contribution in [2.45, 2.75) is 25.7 Å². The number of ether oxygens (including phenoxy) is 1. The van der Waals surface area contributed by atoms with Gasteiger partial charge in [-0.2, -0.15) is 0 Å². The summed E-state index contributed by atoms with van der Waals surface area (Å²) in [5.41, 5.74) is 0.466. The lowest BCUT2D eigenvalue weighted by atomic mass is 9.73. The highest BCUT2D eigenvalue weighted by molar-refractivity contribution is 5.86. The molecule has 1 aliphatic rings. The fraction of sp³-hybridized carbons (Fsp3) is 0.467. The van der Waals surface area contributed by atoms with E-state index < -0.39 is 24.2 Å². The molecule has 5 nitrogen and oxygen atoms in total. The number of carbonyl (C=O) groups is 2. The highest BCUT2D eigenvalue weighted by Gasteiger charge is 2.42. The predicted octanol–water partition coefficient (Wildman–Crippen LogP) is 2.65. The molecule has 1 aliphatic carbocycles. The van der Waals surface area contributed by atoms with Crippen LogP contribution < -0.4 is 4.74 Å². The van der Waals surface area contributed by atoms with E-state index in [0.717, 1.165) is 0 Å². The van der Waals surface area contributed by atoms with Crippen molar-refractivity contribution in [3.05, 3.63) is 29.8 Å². The first-order valence-corrected chi connectivity index (χ1v) is 7.00. The van der Waals surface area contributed by atoms with Gasteiger partial charge in [0.2, 0.25) is 5.91 Å². The van der Waals surface area contributed by atoms with Crippen LogP contribution in [-0.4, -0.2) is 35.3 Å². The van der Waals surface area contributed by atoms with Crippen LogP contribution in [0.1, 0.15) is 18.4 Å². The number of hydrogen-bond acceptors (Lipinski definition) is 3. The molecule has 0 saturated heterocycles. The molecule has 1 fully saturated rings. The molecular formula is C15H16F3NO4. The summed E-state index contributed by atoms with van der Waals surface area (Å²) in [5, 5.41) is 8.97. The Kier molecular flexibility index (Phi) is 4.82. The zero-order valence-electron chi connectivity index (χ0n) is 12.3. The predicted molar refractivity (Wildman–Crippen MR) is 73.4 cm³/mol. The SMILES string of the molecule is CN(Cc1cccc(OC(F)(F)F)c1)C(=O)C1CCC1C(=O)O. The lowest BCUT2D eigenvalue weighted by Crippen LogP contribution is -2.44. The molecule has 0 aromatic heterocycles. The van der Waals surface area contributed by atoms with Crippen LogP contribution in [0.15, 0.2) is 24.3 Å². The zero-order valence-corrected chi connectivity index (χ0v) is 12.3. The molecule has 2 rings (SSSR count). The highest BCUT2D eigenvalue weighted by atomic mass is 19.4. The average molecular weight is 331 g/mol. The first-order chi connectivity index (χ1) is 10.7. The standard InChI is InChI=1S/C15H16F3NO4/c1-19(13(20)11-5-6-12(11)14(21)22)8-9-3-2-4-10(7-9)23-15(16,17)18/h2-4,7,11-12H,5-6,8H2,1H3,(H,21,22). The third kappa shape index (κ3) is 4.37. The van der Waals surface area contributed by atoms with Gasteiger partial charge in [-0.3, -0.25) is 9.59 Å². The molecule has 0 heterocycles. The number of nitrogens with zero attached hydrogens (tertiary/aromatic N) is 1. The minimum Gasteiger partial charge on any atom is -0.481 e. The fourth-order valence-electron chi connectivity index (χ4n) is 2.57. The molecule has 0 aliphatic heterocycles. The van der Waals surface area contributed by atoms with Crippen LogP contribution >= 0.6 is 0 Å². The summed E-state index contributed by atoms with van der Waals surface area (Å²) in [7, 11) is 1.50. The van der Waals surface area contributed by atoms with E-state index in [1.165, 1.54) is 30.1 Å². The Morgan fingerprint density at radius 3 is 2.48 bits per heavy atom. The number of alkyl halides is 3. The van der Waals surface area contributed by atoms with Gasteiger partial charge in [-0.1, -0.05) is 12.1 Å². The van der Waals surface area contributed by atoms with Crippen LogP contribution in [-0.2, 0) is 16.1 Å². The van der Waals surface area contributed by atoms with Crippen LogP contribution in [0.4, 0.5) is 13.2 Å². The van der Waals surface area contributed by atoms with Gasteiger partial charge in [-0.15, -0.1) is 13.2 Å². The number of amides is 1. The van der Waals surface area contributed by atoms with Crippen molar-refractivity contribution >= 4 is 11.9 Å². The Morgan fingerprint density at radius 1 is 1.30 bits per heavy atom. The van der Waals surface area contributed by atoms with E-state index >= 15 is 0 Å². The summed E-state index contributed by atoms with van der Waals surface area (Å²) in [6.45, 7) is 0.0801. The topological polar surface area (TPSA) is 66.8 Å². The summed E-state index contributed by atoms with van der Waals surface area (Å²) in [4.78, 5) is 24.5. The van der Waals surface area contributed by atoms with E-state index in [1.54, 1.807) is 6.07 Å². The van der Waals surface area contributed by atoms with E-state index in [-0.39, 0.29) is 18.2 Å². The van der Waals surface area contributed by atoms with Crippen LogP contribution in [0.5, 0.6) is 5.75 Å². The Labute approximate surface area is 130 Å². The number of hydrogen-bond donors (Lipinski definition) is 1. The van der Waals surface area contributed by atoms with E-state index in [9.17, 15) is 22.8 Å². The Hall–Kier alpha value is -2.25. The van der Waals surface area contributed by atoms with E-state index in [4.69, 9.17) is 5.11 Å². The molecule has 8 heteroatoms. The fourth-order valence-corrected chi connectivity index (χ4v) is 2.57. The monoisotopic (exact) mass is 331 g/mol. The maximum absolute atomic E-state index is 12.2. The van der Waals surface area contributed by atoms with E-state index in [2.05, 4.69) is 4.74 Å². The molecule has 1 N–H and O–H groups in total. The van der Waals surface area contributed by atoms with Gasteiger partial charge in [-0.05, 0) is 30.5 Å². The second-order valence-corrected chi connectivity index (χ2v) is 5.52. The second-order valence-electron chi connectivity index (χ2n) is 5.52. The zero-order chi connectivity index (χ0) is 17.2. The van der Waals surface area contributed by atoms with Crippen molar-refractivity contribution in [1.82, 2.24) is 4.90 Å². The van der Waals surface area contributed by atoms with Crippen molar-refractivity contribution in [3.63, 3.8) is 0 Å². The number of rotatable bonds is 5. The number of carboxylic acid groups (broad SMARTS) is 1. The quantitative estimate of drug-likeness (QED) is 0.901. The summed E-state index contributed by atoms with van der Waals surface area (Å²) >= 11 is 0. The molecule has 2 unspecified atom stereocenters. The van der Waals surface area contributed by atoms with Gasteiger partial charge in [0.1, 0.15) is 5.75 Å². The van der Waals surface area contributed by atoms with Crippen molar-refractivity contribution in [2.24, 2.45) is 11.8 Å². The van der Waals surface area contributed by atoms with Crippen molar-refractivity contribution in [1.29, 1.82) is 0 Å². The van der Waals surface area contributed by atoms with Gasteiger partial charge in [0.05, 0.1) is 11.8 Å². The molecule has 126 valence electrons. The van der Waals surface area contributed by atoms with Gasteiger partial charge in [0.25, 0.3) is 0 Å². The van der Waals surface area contributed by atoms with Gasteiger partial charge in [-0.25, -0.2) is 0 Å². The molecule has 0 spiro atoms. The minimum absolute atomic E-state index is 0.0801. The van der Waals surface area contributed by atoms with Gasteiger partial charge in [0.15, 0.2) is 0 Å². The third-order valence-corrected chi connectivity index (χ3v) is 3.84. The largest absolute Gasteiger partial charge is 0.573 e. The number of aliphatic carboxylic acids is 1. The molecule has 0 radical (unpaired) electrons. The summed E-state index contributed by atoms with van der Waals surface area (Å²) < 4.78 is 40.4. The summed E-state index contributed by atoms with van der Waals surface area (Å²) in [6, 6.07) is 5.35.